The highest BCUT2D eigenvalue weighted by Crippen LogP contribution is 2.25. The van der Waals surface area contributed by atoms with Gasteiger partial charge in [0.15, 0.2) is 0 Å². The molecular weight excluding hydrogens is 150 g/mol. The first-order valence-electron chi connectivity index (χ1n) is 2.82. The number of imide groups is 1. The lowest BCUT2D eigenvalue weighted by molar-refractivity contribution is -0.115. The predicted molar refractivity (Wildman–Crippen MR) is 39.5 cm³/mol. The van der Waals surface area contributed by atoms with Crippen molar-refractivity contribution in [3.8, 4) is 0 Å². The second kappa shape index (κ2) is 2.46. The molecule has 1 aliphatic rings. The minimum absolute atomic E-state index is 0.269. The van der Waals surface area contributed by atoms with Crippen molar-refractivity contribution in [2.75, 3.05) is 0 Å². The maximum Gasteiger partial charge on any atom is 0.290 e. The molecule has 2 amide bonds. The molecule has 0 aromatic heterocycles. The van der Waals surface area contributed by atoms with Gasteiger partial charge in [0, 0.05) is 0 Å². The highest BCUT2D eigenvalue weighted by atomic mass is 32.2. The summed E-state index contributed by atoms with van der Waals surface area (Å²) in [6, 6.07) is 0. The van der Waals surface area contributed by atoms with Crippen LogP contribution in [0.3, 0.4) is 0 Å². The Balaban J connectivity index is 2.93. The van der Waals surface area contributed by atoms with Gasteiger partial charge in [0.2, 0.25) is 0 Å². The SMILES string of the molecule is CC(C)=C1SC(=O)NC1=O. The first kappa shape index (κ1) is 7.34. The molecule has 0 spiro atoms. The van der Waals surface area contributed by atoms with Gasteiger partial charge in [0.25, 0.3) is 11.1 Å². The van der Waals surface area contributed by atoms with Crippen LogP contribution in [0.15, 0.2) is 10.5 Å². The number of carbonyl (C=O) groups excluding carboxylic acids is 2. The molecule has 0 saturated carbocycles. The molecule has 10 heavy (non-hydrogen) atoms. The Kier molecular flexibility index (Phi) is 1.80. The van der Waals surface area contributed by atoms with Crippen molar-refractivity contribution in [1.82, 2.24) is 5.32 Å². The molecule has 1 rings (SSSR count). The van der Waals surface area contributed by atoms with Crippen LogP contribution in [0.4, 0.5) is 4.79 Å². The minimum Gasteiger partial charge on any atom is -0.282 e. The summed E-state index contributed by atoms with van der Waals surface area (Å²) in [6.07, 6.45) is 0. The molecule has 1 heterocycles. The average molecular weight is 157 g/mol. The van der Waals surface area contributed by atoms with E-state index < -0.39 is 0 Å². The van der Waals surface area contributed by atoms with E-state index in [2.05, 4.69) is 5.32 Å². The fraction of sp³-hybridized carbons (Fsp3) is 0.333. The molecule has 0 aromatic carbocycles. The zero-order valence-electron chi connectivity index (χ0n) is 5.72. The van der Waals surface area contributed by atoms with Crippen molar-refractivity contribution in [2.45, 2.75) is 13.8 Å². The van der Waals surface area contributed by atoms with Crippen LogP contribution in [0.5, 0.6) is 0 Å². The highest BCUT2D eigenvalue weighted by Gasteiger charge is 2.25. The molecule has 54 valence electrons. The van der Waals surface area contributed by atoms with Gasteiger partial charge in [-0.2, -0.15) is 0 Å². The first-order chi connectivity index (χ1) is 4.61. The standard InChI is InChI=1S/C6H7NO2S/c1-3(2)4-5(8)7-6(9)10-4/h1-2H3,(H,7,8,9). The van der Waals surface area contributed by atoms with Crippen LogP contribution in [-0.2, 0) is 4.79 Å². The lowest BCUT2D eigenvalue weighted by Crippen LogP contribution is -2.18. The Bertz CT molecular complexity index is 228. The summed E-state index contributed by atoms with van der Waals surface area (Å²) in [5.41, 5.74) is 0.883. The second-order valence-corrected chi connectivity index (χ2v) is 3.16. The summed E-state index contributed by atoms with van der Waals surface area (Å²) in [6.45, 7) is 3.61. The van der Waals surface area contributed by atoms with Gasteiger partial charge in [-0.1, -0.05) is 5.57 Å². The van der Waals surface area contributed by atoms with E-state index in [1.54, 1.807) is 13.8 Å². The number of nitrogens with one attached hydrogen (secondary N) is 1. The maximum atomic E-state index is 10.8. The van der Waals surface area contributed by atoms with E-state index in [0.717, 1.165) is 17.3 Å². The largest absolute Gasteiger partial charge is 0.290 e. The topological polar surface area (TPSA) is 46.2 Å². The minimum atomic E-state index is -0.277. The molecule has 0 aliphatic carbocycles. The molecule has 1 aliphatic heterocycles. The van der Waals surface area contributed by atoms with Gasteiger partial charge in [0.1, 0.15) is 0 Å². The molecule has 0 aromatic rings. The Morgan fingerprint density at radius 2 is 2.00 bits per heavy atom. The third-order valence-corrected chi connectivity index (χ3v) is 2.16. The number of hydrogen-bond donors (Lipinski definition) is 1. The van der Waals surface area contributed by atoms with E-state index in [4.69, 9.17) is 0 Å². The third kappa shape index (κ3) is 1.21. The number of rotatable bonds is 0. The van der Waals surface area contributed by atoms with Crippen LogP contribution < -0.4 is 5.32 Å². The lowest BCUT2D eigenvalue weighted by Gasteiger charge is -1.90. The Morgan fingerprint density at radius 1 is 1.40 bits per heavy atom. The van der Waals surface area contributed by atoms with Crippen molar-refractivity contribution in [3.63, 3.8) is 0 Å². The molecule has 0 unspecified atom stereocenters. The number of allylic oxidation sites excluding steroid dienone is 1. The summed E-state index contributed by atoms with van der Waals surface area (Å²) in [5, 5.41) is 1.90. The Labute approximate surface area is 62.9 Å². The lowest BCUT2D eigenvalue weighted by atomic mass is 10.3. The number of thioether (sulfide) groups is 1. The van der Waals surface area contributed by atoms with Gasteiger partial charge in [-0.3, -0.25) is 14.9 Å². The van der Waals surface area contributed by atoms with Crippen molar-refractivity contribution in [2.24, 2.45) is 0 Å². The second-order valence-electron chi connectivity index (χ2n) is 2.17. The van der Waals surface area contributed by atoms with Crippen molar-refractivity contribution < 1.29 is 9.59 Å². The summed E-state index contributed by atoms with van der Waals surface area (Å²) in [5.74, 6) is -0.269. The smallest absolute Gasteiger partial charge is 0.282 e. The molecule has 1 fully saturated rings. The summed E-state index contributed by atoms with van der Waals surface area (Å²) < 4.78 is 0. The molecule has 1 N–H and O–H groups in total. The quantitative estimate of drug-likeness (QED) is 0.538. The van der Waals surface area contributed by atoms with Crippen LogP contribution in [-0.4, -0.2) is 11.1 Å². The summed E-state index contributed by atoms with van der Waals surface area (Å²) in [4.78, 5) is 21.9. The molecule has 0 radical (unpaired) electrons. The Hall–Kier alpha value is -0.770. The van der Waals surface area contributed by atoms with E-state index in [0.29, 0.717) is 4.91 Å². The van der Waals surface area contributed by atoms with Gasteiger partial charge >= 0.3 is 0 Å². The normalized spacial score (nSPS) is 17.6. The monoisotopic (exact) mass is 157 g/mol. The molecule has 0 bridgehead atoms. The van der Waals surface area contributed by atoms with Crippen LogP contribution in [0.2, 0.25) is 0 Å². The van der Waals surface area contributed by atoms with Crippen molar-refractivity contribution in [1.29, 1.82) is 0 Å². The van der Waals surface area contributed by atoms with E-state index in [9.17, 15) is 9.59 Å². The van der Waals surface area contributed by atoms with E-state index >= 15 is 0 Å². The maximum absolute atomic E-state index is 10.8. The van der Waals surface area contributed by atoms with Gasteiger partial charge < -0.3 is 0 Å². The average Bonchev–Trinajstić information content (AvgIpc) is 2.10. The van der Waals surface area contributed by atoms with Gasteiger partial charge in [-0.25, -0.2) is 0 Å². The Morgan fingerprint density at radius 3 is 2.20 bits per heavy atom. The molecule has 4 heteroatoms. The summed E-state index contributed by atoms with van der Waals surface area (Å²) in [7, 11) is 0. The third-order valence-electron chi connectivity index (χ3n) is 1.07. The first-order valence-corrected chi connectivity index (χ1v) is 3.63. The number of amides is 2. The van der Waals surface area contributed by atoms with Crippen LogP contribution in [0.25, 0.3) is 0 Å². The molecule has 3 nitrogen and oxygen atoms in total. The molecule has 0 atom stereocenters. The predicted octanol–water partition coefficient (Wildman–Crippen LogP) is 1.26. The number of hydrogen-bond acceptors (Lipinski definition) is 3. The fourth-order valence-electron chi connectivity index (χ4n) is 0.643. The zero-order chi connectivity index (χ0) is 7.72. The van der Waals surface area contributed by atoms with Crippen molar-refractivity contribution in [3.05, 3.63) is 10.5 Å². The fourth-order valence-corrected chi connectivity index (χ4v) is 1.32. The zero-order valence-corrected chi connectivity index (χ0v) is 6.54. The van der Waals surface area contributed by atoms with E-state index in [1.165, 1.54) is 0 Å². The number of carbonyl (C=O) groups is 2. The van der Waals surface area contributed by atoms with Crippen LogP contribution in [0, 0.1) is 0 Å². The van der Waals surface area contributed by atoms with Crippen LogP contribution >= 0.6 is 11.8 Å². The van der Waals surface area contributed by atoms with E-state index in [1.807, 2.05) is 0 Å². The van der Waals surface area contributed by atoms with Gasteiger partial charge in [-0.05, 0) is 25.6 Å². The van der Waals surface area contributed by atoms with Crippen molar-refractivity contribution >= 4 is 22.9 Å². The van der Waals surface area contributed by atoms with Gasteiger partial charge in [0.05, 0.1) is 4.91 Å². The molecular formula is C6H7NO2S. The van der Waals surface area contributed by atoms with Crippen LogP contribution in [0.1, 0.15) is 13.8 Å². The van der Waals surface area contributed by atoms with E-state index in [-0.39, 0.29) is 11.1 Å². The van der Waals surface area contributed by atoms with Gasteiger partial charge in [-0.15, -0.1) is 0 Å². The highest BCUT2D eigenvalue weighted by molar-refractivity contribution is 8.18. The molecule has 1 saturated heterocycles. The summed E-state index contributed by atoms with van der Waals surface area (Å²) >= 11 is 0.962.